The quantitative estimate of drug-likeness (QED) is 0.903. The summed E-state index contributed by atoms with van der Waals surface area (Å²) in [6, 6.07) is 7.42. The molecular weight excluding hydrogens is 270 g/mol. The van der Waals surface area contributed by atoms with Crippen molar-refractivity contribution in [1.82, 2.24) is 5.32 Å². The van der Waals surface area contributed by atoms with Crippen LogP contribution < -0.4 is 5.32 Å². The molecule has 0 spiro atoms. The summed E-state index contributed by atoms with van der Waals surface area (Å²) in [5.74, 6) is -0.0453. The van der Waals surface area contributed by atoms with Gasteiger partial charge in [-0.2, -0.15) is 0 Å². The highest BCUT2D eigenvalue weighted by molar-refractivity contribution is 9.10. The molecule has 0 aliphatic rings. The maximum atomic E-state index is 11.8. The summed E-state index contributed by atoms with van der Waals surface area (Å²) in [6.07, 6.45) is 0.818. The van der Waals surface area contributed by atoms with Gasteiger partial charge >= 0.3 is 0 Å². The molecule has 88 valence electrons. The molecule has 1 atom stereocenters. The van der Waals surface area contributed by atoms with Crippen molar-refractivity contribution in [2.45, 2.75) is 19.4 Å². The third kappa shape index (κ3) is 4.33. The molecule has 0 radical (unpaired) electrons. The molecule has 0 aromatic heterocycles. The van der Waals surface area contributed by atoms with Gasteiger partial charge in [0, 0.05) is 29.8 Å². The maximum absolute atomic E-state index is 11.8. The number of halogens is 1. The number of methoxy groups -OCH3 is 1. The monoisotopic (exact) mass is 285 g/mol. The van der Waals surface area contributed by atoms with Crippen molar-refractivity contribution in [3.05, 3.63) is 34.3 Å². The average Bonchev–Trinajstić information content (AvgIpc) is 2.27. The molecule has 0 aliphatic carbocycles. The van der Waals surface area contributed by atoms with E-state index in [0.29, 0.717) is 12.2 Å². The van der Waals surface area contributed by atoms with Crippen LogP contribution in [-0.4, -0.2) is 25.7 Å². The van der Waals surface area contributed by atoms with Crippen molar-refractivity contribution in [3.8, 4) is 0 Å². The van der Waals surface area contributed by atoms with Gasteiger partial charge in [0.2, 0.25) is 0 Å². The largest absolute Gasteiger partial charge is 0.385 e. The summed E-state index contributed by atoms with van der Waals surface area (Å²) in [4.78, 5) is 11.8. The smallest absolute Gasteiger partial charge is 0.251 e. The normalized spacial score (nSPS) is 12.2. The number of rotatable bonds is 5. The molecule has 16 heavy (non-hydrogen) atoms. The Hall–Kier alpha value is -0.870. The minimum Gasteiger partial charge on any atom is -0.385 e. The second-order valence-electron chi connectivity index (χ2n) is 3.66. The molecule has 0 saturated heterocycles. The Kier molecular flexibility index (Phi) is 5.49. The van der Waals surface area contributed by atoms with Gasteiger partial charge in [0.25, 0.3) is 5.91 Å². The van der Waals surface area contributed by atoms with E-state index in [0.717, 1.165) is 10.9 Å². The molecular formula is C12H16BrNO2. The van der Waals surface area contributed by atoms with Crippen molar-refractivity contribution >= 4 is 21.8 Å². The van der Waals surface area contributed by atoms with Gasteiger partial charge in [-0.15, -0.1) is 0 Å². The van der Waals surface area contributed by atoms with Crippen LogP contribution in [0, 0.1) is 0 Å². The van der Waals surface area contributed by atoms with Crippen molar-refractivity contribution in [2.24, 2.45) is 0 Å². The van der Waals surface area contributed by atoms with Gasteiger partial charge in [0.15, 0.2) is 0 Å². The number of hydrogen-bond donors (Lipinski definition) is 1. The molecule has 1 aromatic carbocycles. The second-order valence-corrected chi connectivity index (χ2v) is 4.58. The SMILES string of the molecule is COCCC(C)NC(=O)c1ccc(Br)cc1. The van der Waals surface area contributed by atoms with Crippen LogP contribution in [0.5, 0.6) is 0 Å². The molecule has 0 aliphatic heterocycles. The van der Waals surface area contributed by atoms with Gasteiger partial charge in [0.05, 0.1) is 0 Å². The summed E-state index contributed by atoms with van der Waals surface area (Å²) in [6.45, 7) is 2.62. The number of ether oxygens (including phenoxy) is 1. The zero-order valence-corrected chi connectivity index (χ0v) is 11.1. The first-order valence-electron chi connectivity index (χ1n) is 5.19. The second kappa shape index (κ2) is 6.66. The van der Waals surface area contributed by atoms with Crippen LogP contribution >= 0.6 is 15.9 Å². The molecule has 1 aromatic rings. The van der Waals surface area contributed by atoms with Crippen LogP contribution in [0.3, 0.4) is 0 Å². The van der Waals surface area contributed by atoms with Crippen LogP contribution in [0.2, 0.25) is 0 Å². The van der Waals surface area contributed by atoms with Gasteiger partial charge in [-0.1, -0.05) is 15.9 Å². The third-order valence-corrected chi connectivity index (χ3v) is 2.77. The van der Waals surface area contributed by atoms with E-state index in [-0.39, 0.29) is 11.9 Å². The van der Waals surface area contributed by atoms with E-state index in [1.165, 1.54) is 0 Å². The lowest BCUT2D eigenvalue weighted by Crippen LogP contribution is -2.33. The van der Waals surface area contributed by atoms with Gasteiger partial charge in [-0.25, -0.2) is 0 Å². The third-order valence-electron chi connectivity index (χ3n) is 2.24. The molecule has 1 rings (SSSR count). The van der Waals surface area contributed by atoms with Crippen molar-refractivity contribution in [2.75, 3.05) is 13.7 Å². The Morgan fingerprint density at radius 3 is 2.62 bits per heavy atom. The first kappa shape index (κ1) is 13.2. The van der Waals surface area contributed by atoms with E-state index in [4.69, 9.17) is 4.74 Å². The van der Waals surface area contributed by atoms with Crippen LogP contribution in [-0.2, 0) is 4.74 Å². The fourth-order valence-electron chi connectivity index (χ4n) is 1.28. The molecule has 3 nitrogen and oxygen atoms in total. The summed E-state index contributed by atoms with van der Waals surface area (Å²) in [7, 11) is 1.66. The number of amides is 1. The molecule has 1 unspecified atom stereocenters. The maximum Gasteiger partial charge on any atom is 0.251 e. The Labute approximate surface area is 104 Å². The lowest BCUT2D eigenvalue weighted by molar-refractivity contribution is 0.0929. The summed E-state index contributed by atoms with van der Waals surface area (Å²) >= 11 is 3.33. The van der Waals surface area contributed by atoms with Gasteiger partial charge in [-0.05, 0) is 37.6 Å². The van der Waals surface area contributed by atoms with E-state index in [2.05, 4.69) is 21.2 Å². The summed E-state index contributed by atoms with van der Waals surface area (Å²) in [5.41, 5.74) is 0.674. The van der Waals surface area contributed by atoms with Gasteiger partial charge < -0.3 is 10.1 Å². The van der Waals surface area contributed by atoms with Crippen LogP contribution in [0.25, 0.3) is 0 Å². The first-order valence-corrected chi connectivity index (χ1v) is 5.98. The first-order chi connectivity index (χ1) is 7.63. The lowest BCUT2D eigenvalue weighted by Gasteiger charge is -2.13. The van der Waals surface area contributed by atoms with E-state index in [1.54, 1.807) is 19.2 Å². The Morgan fingerprint density at radius 2 is 2.06 bits per heavy atom. The van der Waals surface area contributed by atoms with E-state index < -0.39 is 0 Å². The van der Waals surface area contributed by atoms with Crippen molar-refractivity contribution in [3.63, 3.8) is 0 Å². The predicted molar refractivity (Wildman–Crippen MR) is 67.6 cm³/mol. The predicted octanol–water partition coefficient (Wildman–Crippen LogP) is 2.60. The lowest BCUT2D eigenvalue weighted by atomic mass is 10.2. The molecule has 0 heterocycles. The average molecular weight is 286 g/mol. The van der Waals surface area contributed by atoms with Crippen molar-refractivity contribution in [1.29, 1.82) is 0 Å². The van der Waals surface area contributed by atoms with E-state index >= 15 is 0 Å². The zero-order chi connectivity index (χ0) is 12.0. The fraction of sp³-hybridized carbons (Fsp3) is 0.417. The van der Waals surface area contributed by atoms with E-state index in [9.17, 15) is 4.79 Å². The molecule has 1 amide bonds. The number of benzene rings is 1. The number of nitrogens with one attached hydrogen (secondary N) is 1. The highest BCUT2D eigenvalue weighted by atomic mass is 79.9. The highest BCUT2D eigenvalue weighted by Gasteiger charge is 2.08. The zero-order valence-electron chi connectivity index (χ0n) is 9.50. The molecule has 0 fully saturated rings. The number of hydrogen-bond acceptors (Lipinski definition) is 2. The molecule has 4 heteroatoms. The van der Waals surface area contributed by atoms with Crippen molar-refractivity contribution < 1.29 is 9.53 Å². The van der Waals surface area contributed by atoms with Gasteiger partial charge in [0.1, 0.15) is 0 Å². The minimum atomic E-state index is -0.0453. The summed E-state index contributed by atoms with van der Waals surface area (Å²) in [5, 5.41) is 2.92. The standard InChI is InChI=1S/C12H16BrNO2/c1-9(7-8-16-2)14-12(15)10-3-5-11(13)6-4-10/h3-6,9H,7-8H2,1-2H3,(H,14,15). The minimum absolute atomic E-state index is 0.0453. The van der Waals surface area contributed by atoms with Crippen LogP contribution in [0.1, 0.15) is 23.7 Å². The molecule has 1 N–H and O–H groups in total. The van der Waals surface area contributed by atoms with Crippen LogP contribution in [0.4, 0.5) is 0 Å². The topological polar surface area (TPSA) is 38.3 Å². The fourth-order valence-corrected chi connectivity index (χ4v) is 1.54. The Bertz CT molecular complexity index is 337. The number of carbonyl (C=O) groups excluding carboxylic acids is 1. The Balaban J connectivity index is 2.48. The van der Waals surface area contributed by atoms with Gasteiger partial charge in [-0.3, -0.25) is 4.79 Å². The summed E-state index contributed by atoms with van der Waals surface area (Å²) < 4.78 is 5.93. The number of carbonyl (C=O) groups is 1. The van der Waals surface area contributed by atoms with Crippen LogP contribution in [0.15, 0.2) is 28.7 Å². The highest BCUT2D eigenvalue weighted by Crippen LogP contribution is 2.10. The Morgan fingerprint density at radius 1 is 1.44 bits per heavy atom. The molecule has 0 bridgehead atoms. The van der Waals surface area contributed by atoms with E-state index in [1.807, 2.05) is 19.1 Å². The molecule has 0 saturated carbocycles.